The minimum absolute atomic E-state index is 0.118. The van der Waals surface area contributed by atoms with Gasteiger partial charge in [-0.1, -0.05) is 25.8 Å². The molecule has 1 aromatic rings. The lowest BCUT2D eigenvalue weighted by Crippen LogP contribution is -2.31. The average Bonchev–Trinajstić information content (AvgIpc) is 2.42. The van der Waals surface area contributed by atoms with Crippen molar-refractivity contribution in [1.29, 1.82) is 0 Å². The highest BCUT2D eigenvalue weighted by Crippen LogP contribution is 2.37. The summed E-state index contributed by atoms with van der Waals surface area (Å²) in [6.45, 7) is 5.12. The van der Waals surface area contributed by atoms with Gasteiger partial charge in [0.25, 0.3) is 0 Å². The van der Waals surface area contributed by atoms with Crippen molar-refractivity contribution in [1.82, 2.24) is 0 Å². The summed E-state index contributed by atoms with van der Waals surface area (Å²) in [5.74, 6) is 1.96. The van der Waals surface area contributed by atoms with Crippen molar-refractivity contribution in [3.05, 3.63) is 35.1 Å². The zero-order chi connectivity index (χ0) is 13.8. The minimum atomic E-state index is -0.118. The standard InChI is InChI=1S/C17H26FN/c1-3-13-5-6-14(11-19)16(8-13)9-15-10-17(18)7-4-12(15)2/h4,7,10,13-14,16H,3,5-6,8-9,11,19H2,1-2H3. The van der Waals surface area contributed by atoms with Crippen LogP contribution in [0.15, 0.2) is 18.2 Å². The molecule has 2 N–H and O–H groups in total. The Morgan fingerprint density at radius 1 is 1.26 bits per heavy atom. The van der Waals surface area contributed by atoms with Gasteiger partial charge < -0.3 is 5.73 Å². The molecule has 1 fully saturated rings. The first-order valence-corrected chi connectivity index (χ1v) is 7.59. The Kier molecular flexibility index (Phi) is 4.98. The summed E-state index contributed by atoms with van der Waals surface area (Å²) in [5, 5.41) is 0. The molecule has 0 heterocycles. The van der Waals surface area contributed by atoms with Crippen LogP contribution in [0.25, 0.3) is 0 Å². The highest BCUT2D eigenvalue weighted by atomic mass is 19.1. The van der Waals surface area contributed by atoms with E-state index in [2.05, 4.69) is 13.8 Å². The van der Waals surface area contributed by atoms with Crippen LogP contribution >= 0.6 is 0 Å². The molecular formula is C17H26FN. The molecule has 2 heteroatoms. The Hall–Kier alpha value is -0.890. The predicted octanol–water partition coefficient (Wildman–Crippen LogP) is 4.08. The Labute approximate surface area is 116 Å². The van der Waals surface area contributed by atoms with E-state index >= 15 is 0 Å². The van der Waals surface area contributed by atoms with Crippen LogP contribution in [-0.2, 0) is 6.42 Å². The van der Waals surface area contributed by atoms with E-state index in [0.29, 0.717) is 11.8 Å². The van der Waals surface area contributed by atoms with Crippen molar-refractivity contribution in [3.8, 4) is 0 Å². The third-order valence-corrected chi connectivity index (χ3v) is 4.92. The maximum atomic E-state index is 13.4. The second kappa shape index (κ2) is 6.51. The molecule has 106 valence electrons. The number of aryl methyl sites for hydroxylation is 1. The van der Waals surface area contributed by atoms with Gasteiger partial charge in [0.15, 0.2) is 0 Å². The largest absolute Gasteiger partial charge is 0.330 e. The van der Waals surface area contributed by atoms with Crippen molar-refractivity contribution in [3.63, 3.8) is 0 Å². The van der Waals surface area contributed by atoms with E-state index in [9.17, 15) is 4.39 Å². The van der Waals surface area contributed by atoms with Crippen molar-refractivity contribution in [2.45, 2.75) is 46.0 Å². The first kappa shape index (κ1) is 14.5. The van der Waals surface area contributed by atoms with Crippen molar-refractivity contribution < 1.29 is 4.39 Å². The summed E-state index contributed by atoms with van der Waals surface area (Å²) < 4.78 is 13.4. The Bertz CT molecular complexity index is 416. The van der Waals surface area contributed by atoms with E-state index in [1.54, 1.807) is 12.1 Å². The van der Waals surface area contributed by atoms with Crippen LogP contribution in [0, 0.1) is 30.5 Å². The smallest absolute Gasteiger partial charge is 0.123 e. The topological polar surface area (TPSA) is 26.0 Å². The fraction of sp³-hybridized carbons (Fsp3) is 0.647. The number of benzene rings is 1. The van der Waals surface area contributed by atoms with Gasteiger partial charge in [0, 0.05) is 0 Å². The fourth-order valence-electron chi connectivity index (χ4n) is 3.50. The third kappa shape index (κ3) is 3.56. The number of rotatable bonds is 4. The van der Waals surface area contributed by atoms with E-state index in [4.69, 9.17) is 5.73 Å². The van der Waals surface area contributed by atoms with E-state index in [-0.39, 0.29) is 5.82 Å². The van der Waals surface area contributed by atoms with Gasteiger partial charge in [0.05, 0.1) is 0 Å². The highest BCUT2D eigenvalue weighted by molar-refractivity contribution is 5.27. The molecule has 19 heavy (non-hydrogen) atoms. The molecule has 1 aromatic carbocycles. The normalized spacial score (nSPS) is 27.5. The molecule has 0 bridgehead atoms. The molecule has 0 aromatic heterocycles. The molecule has 1 nitrogen and oxygen atoms in total. The highest BCUT2D eigenvalue weighted by Gasteiger charge is 2.29. The SMILES string of the molecule is CCC1CCC(CN)C(Cc2cc(F)ccc2C)C1. The third-order valence-electron chi connectivity index (χ3n) is 4.92. The Morgan fingerprint density at radius 3 is 2.74 bits per heavy atom. The summed E-state index contributed by atoms with van der Waals surface area (Å²) in [4.78, 5) is 0. The van der Waals surface area contributed by atoms with Crippen molar-refractivity contribution in [2.24, 2.45) is 23.5 Å². The maximum Gasteiger partial charge on any atom is 0.123 e. The second-order valence-electron chi connectivity index (χ2n) is 6.12. The van der Waals surface area contributed by atoms with Crippen LogP contribution in [0.4, 0.5) is 4.39 Å². The molecule has 3 unspecified atom stereocenters. The number of hydrogen-bond acceptors (Lipinski definition) is 1. The van der Waals surface area contributed by atoms with Gasteiger partial charge in [-0.25, -0.2) is 4.39 Å². The molecule has 1 aliphatic rings. The number of nitrogens with two attached hydrogens (primary N) is 1. The molecule has 2 rings (SSSR count). The van der Waals surface area contributed by atoms with Crippen LogP contribution in [0.3, 0.4) is 0 Å². The molecule has 0 spiro atoms. The van der Waals surface area contributed by atoms with Gasteiger partial charge in [0.1, 0.15) is 5.82 Å². The van der Waals surface area contributed by atoms with Crippen molar-refractivity contribution in [2.75, 3.05) is 6.54 Å². The van der Waals surface area contributed by atoms with Crippen LogP contribution in [0.2, 0.25) is 0 Å². The Morgan fingerprint density at radius 2 is 2.05 bits per heavy atom. The predicted molar refractivity (Wildman–Crippen MR) is 78.5 cm³/mol. The molecule has 1 aliphatic carbocycles. The van der Waals surface area contributed by atoms with Crippen LogP contribution in [-0.4, -0.2) is 6.54 Å². The lowest BCUT2D eigenvalue weighted by Gasteiger charge is -2.35. The van der Waals surface area contributed by atoms with Crippen LogP contribution < -0.4 is 5.73 Å². The monoisotopic (exact) mass is 263 g/mol. The Balaban J connectivity index is 2.11. The van der Waals surface area contributed by atoms with Gasteiger partial charge >= 0.3 is 0 Å². The lowest BCUT2D eigenvalue weighted by atomic mass is 9.71. The van der Waals surface area contributed by atoms with E-state index in [1.807, 2.05) is 6.07 Å². The summed E-state index contributed by atoms with van der Waals surface area (Å²) in [7, 11) is 0. The van der Waals surface area contributed by atoms with E-state index in [1.165, 1.54) is 36.8 Å². The zero-order valence-electron chi connectivity index (χ0n) is 12.2. The second-order valence-corrected chi connectivity index (χ2v) is 6.12. The van der Waals surface area contributed by atoms with E-state index in [0.717, 1.165) is 18.9 Å². The molecule has 0 amide bonds. The van der Waals surface area contributed by atoms with E-state index < -0.39 is 0 Å². The number of hydrogen-bond donors (Lipinski definition) is 1. The summed E-state index contributed by atoms with van der Waals surface area (Å²) >= 11 is 0. The summed E-state index contributed by atoms with van der Waals surface area (Å²) in [6.07, 6.45) is 6.07. The summed E-state index contributed by atoms with van der Waals surface area (Å²) in [6, 6.07) is 5.15. The van der Waals surface area contributed by atoms with Gasteiger partial charge in [-0.3, -0.25) is 0 Å². The first-order valence-electron chi connectivity index (χ1n) is 7.59. The first-order chi connectivity index (χ1) is 9.13. The van der Waals surface area contributed by atoms with Crippen LogP contribution in [0.1, 0.15) is 43.7 Å². The average molecular weight is 263 g/mol. The lowest BCUT2D eigenvalue weighted by molar-refractivity contribution is 0.179. The van der Waals surface area contributed by atoms with Gasteiger partial charge in [-0.2, -0.15) is 0 Å². The summed E-state index contributed by atoms with van der Waals surface area (Å²) in [5.41, 5.74) is 8.30. The molecule has 0 saturated heterocycles. The van der Waals surface area contributed by atoms with Gasteiger partial charge in [-0.15, -0.1) is 0 Å². The minimum Gasteiger partial charge on any atom is -0.330 e. The molecule has 0 aliphatic heterocycles. The number of halogens is 1. The molecule has 1 saturated carbocycles. The van der Waals surface area contributed by atoms with Crippen molar-refractivity contribution >= 4 is 0 Å². The molecule has 3 atom stereocenters. The van der Waals surface area contributed by atoms with Gasteiger partial charge in [0.2, 0.25) is 0 Å². The zero-order valence-corrected chi connectivity index (χ0v) is 12.2. The fourth-order valence-corrected chi connectivity index (χ4v) is 3.50. The van der Waals surface area contributed by atoms with Gasteiger partial charge in [-0.05, 0) is 73.7 Å². The maximum absolute atomic E-state index is 13.4. The quantitative estimate of drug-likeness (QED) is 0.870. The molecular weight excluding hydrogens is 237 g/mol. The molecule has 0 radical (unpaired) electrons. The van der Waals surface area contributed by atoms with Crippen LogP contribution in [0.5, 0.6) is 0 Å².